The Hall–Kier alpha value is -1.48. The number of hydrogen-bond acceptors (Lipinski definition) is 1. The van der Waals surface area contributed by atoms with Gasteiger partial charge in [-0.2, -0.15) is 0 Å². The molecule has 0 spiro atoms. The first-order valence-corrected chi connectivity index (χ1v) is 5.53. The maximum atomic E-state index is 11.6. The Bertz CT molecular complexity index is 531. The fourth-order valence-corrected chi connectivity index (χ4v) is 1.73. The van der Waals surface area contributed by atoms with E-state index < -0.39 is 0 Å². The molecule has 3 nitrogen and oxygen atoms in total. The molecule has 0 saturated heterocycles. The number of aromatic amines is 1. The number of benzene rings is 1. The fourth-order valence-electron chi connectivity index (χ4n) is 1.51. The van der Waals surface area contributed by atoms with E-state index >= 15 is 0 Å². The second-order valence-corrected chi connectivity index (χ2v) is 4.47. The molecule has 4 heteroatoms. The standard InChI is InChI=1S/C12H13ClN2O/c1-7(2)12(16)15-11-6-8(13)5-10-9(11)3-4-14-10/h3-7,14H,1-2H3,(H,15,16). The maximum Gasteiger partial charge on any atom is 0.226 e. The van der Waals surface area contributed by atoms with Gasteiger partial charge in [-0.05, 0) is 18.2 Å². The molecule has 2 aromatic rings. The highest BCUT2D eigenvalue weighted by Crippen LogP contribution is 2.27. The molecule has 0 saturated carbocycles. The lowest BCUT2D eigenvalue weighted by atomic mass is 10.1. The monoisotopic (exact) mass is 236 g/mol. The molecule has 0 aliphatic rings. The number of rotatable bonds is 2. The van der Waals surface area contributed by atoms with Gasteiger partial charge in [0.15, 0.2) is 0 Å². The molecule has 0 fully saturated rings. The smallest absolute Gasteiger partial charge is 0.226 e. The second-order valence-electron chi connectivity index (χ2n) is 4.04. The Morgan fingerprint density at radius 1 is 1.44 bits per heavy atom. The zero-order valence-corrected chi connectivity index (χ0v) is 9.93. The van der Waals surface area contributed by atoms with Crippen LogP contribution in [-0.2, 0) is 4.79 Å². The van der Waals surface area contributed by atoms with Crippen LogP contribution in [0.1, 0.15) is 13.8 Å². The van der Waals surface area contributed by atoms with Crippen molar-refractivity contribution in [3.05, 3.63) is 29.4 Å². The van der Waals surface area contributed by atoms with E-state index in [2.05, 4.69) is 10.3 Å². The first-order chi connectivity index (χ1) is 7.58. The summed E-state index contributed by atoms with van der Waals surface area (Å²) in [5.74, 6) is -0.0576. The zero-order valence-electron chi connectivity index (χ0n) is 9.17. The molecule has 1 aromatic carbocycles. The Balaban J connectivity index is 2.43. The topological polar surface area (TPSA) is 44.9 Å². The SMILES string of the molecule is CC(C)C(=O)Nc1cc(Cl)cc2[nH]ccc12. The van der Waals surface area contributed by atoms with E-state index in [-0.39, 0.29) is 11.8 Å². The van der Waals surface area contributed by atoms with E-state index in [9.17, 15) is 4.79 Å². The van der Waals surface area contributed by atoms with E-state index in [0.717, 1.165) is 16.6 Å². The first-order valence-electron chi connectivity index (χ1n) is 5.15. The average molecular weight is 237 g/mol. The third-order valence-electron chi connectivity index (χ3n) is 2.42. The third kappa shape index (κ3) is 2.04. The van der Waals surface area contributed by atoms with Crippen LogP contribution >= 0.6 is 11.6 Å². The molecule has 84 valence electrons. The fraction of sp³-hybridized carbons (Fsp3) is 0.250. The molecule has 0 aliphatic carbocycles. The van der Waals surface area contributed by atoms with Crippen LogP contribution in [0.3, 0.4) is 0 Å². The summed E-state index contributed by atoms with van der Waals surface area (Å²) in [5, 5.41) is 4.44. The van der Waals surface area contributed by atoms with Crippen molar-refractivity contribution in [3.8, 4) is 0 Å². The van der Waals surface area contributed by atoms with Gasteiger partial charge in [0.1, 0.15) is 0 Å². The van der Waals surface area contributed by atoms with E-state index in [1.54, 1.807) is 6.07 Å². The lowest BCUT2D eigenvalue weighted by Crippen LogP contribution is -2.17. The van der Waals surface area contributed by atoms with Crippen molar-refractivity contribution in [3.63, 3.8) is 0 Å². The summed E-state index contributed by atoms with van der Waals surface area (Å²) in [6, 6.07) is 5.52. The van der Waals surface area contributed by atoms with Crippen molar-refractivity contribution in [2.24, 2.45) is 5.92 Å². The molecule has 2 N–H and O–H groups in total. The van der Waals surface area contributed by atoms with Crippen LogP contribution in [0.2, 0.25) is 5.02 Å². The van der Waals surface area contributed by atoms with E-state index in [1.165, 1.54) is 0 Å². The second kappa shape index (κ2) is 4.18. The van der Waals surface area contributed by atoms with Crippen LogP contribution in [-0.4, -0.2) is 10.9 Å². The van der Waals surface area contributed by atoms with Crippen LogP contribution in [0.25, 0.3) is 10.9 Å². The molecule has 0 atom stereocenters. The van der Waals surface area contributed by atoms with Gasteiger partial charge in [0, 0.05) is 28.0 Å². The van der Waals surface area contributed by atoms with Crippen molar-refractivity contribution in [2.75, 3.05) is 5.32 Å². The Morgan fingerprint density at radius 2 is 2.19 bits per heavy atom. The maximum absolute atomic E-state index is 11.6. The minimum atomic E-state index is -0.0482. The number of hydrogen-bond donors (Lipinski definition) is 2. The average Bonchev–Trinajstić information content (AvgIpc) is 2.65. The summed E-state index contributed by atoms with van der Waals surface area (Å²) in [4.78, 5) is 14.7. The predicted molar refractivity (Wildman–Crippen MR) is 66.8 cm³/mol. The minimum Gasteiger partial charge on any atom is -0.361 e. The van der Waals surface area contributed by atoms with Crippen LogP contribution in [0, 0.1) is 5.92 Å². The summed E-state index contributed by atoms with van der Waals surface area (Å²) >= 11 is 5.97. The van der Waals surface area contributed by atoms with E-state index in [1.807, 2.05) is 32.2 Å². The van der Waals surface area contributed by atoms with Gasteiger partial charge in [-0.3, -0.25) is 4.79 Å². The number of aromatic nitrogens is 1. The lowest BCUT2D eigenvalue weighted by molar-refractivity contribution is -0.118. The van der Waals surface area contributed by atoms with Crippen LogP contribution in [0.15, 0.2) is 24.4 Å². The number of nitrogens with one attached hydrogen (secondary N) is 2. The molecule has 1 aromatic heterocycles. The molecule has 1 amide bonds. The van der Waals surface area contributed by atoms with Gasteiger partial charge in [0.25, 0.3) is 0 Å². The van der Waals surface area contributed by atoms with Crippen LogP contribution in [0.4, 0.5) is 5.69 Å². The van der Waals surface area contributed by atoms with Crippen molar-refractivity contribution in [1.82, 2.24) is 4.98 Å². The molecule has 0 unspecified atom stereocenters. The summed E-state index contributed by atoms with van der Waals surface area (Å²) in [6.45, 7) is 3.71. The van der Waals surface area contributed by atoms with E-state index in [4.69, 9.17) is 11.6 Å². The predicted octanol–water partition coefficient (Wildman–Crippen LogP) is 3.42. The normalized spacial score (nSPS) is 11.0. The van der Waals surface area contributed by atoms with Gasteiger partial charge >= 0.3 is 0 Å². The molecular formula is C12H13ClN2O. The summed E-state index contributed by atoms with van der Waals surface area (Å²) in [6.07, 6.45) is 1.83. The van der Waals surface area contributed by atoms with Gasteiger partial charge in [-0.15, -0.1) is 0 Å². The van der Waals surface area contributed by atoms with Crippen molar-refractivity contribution in [2.45, 2.75) is 13.8 Å². The van der Waals surface area contributed by atoms with Crippen LogP contribution in [0.5, 0.6) is 0 Å². The highest BCUT2D eigenvalue weighted by molar-refractivity contribution is 6.32. The number of amides is 1. The summed E-state index contributed by atoms with van der Waals surface area (Å²) < 4.78 is 0. The van der Waals surface area contributed by atoms with Crippen molar-refractivity contribution < 1.29 is 4.79 Å². The first kappa shape index (κ1) is 11.0. The van der Waals surface area contributed by atoms with Crippen LogP contribution < -0.4 is 5.32 Å². The lowest BCUT2D eigenvalue weighted by Gasteiger charge is -2.09. The Morgan fingerprint density at radius 3 is 2.88 bits per heavy atom. The van der Waals surface area contributed by atoms with Gasteiger partial charge < -0.3 is 10.3 Å². The highest BCUT2D eigenvalue weighted by Gasteiger charge is 2.10. The molecule has 2 rings (SSSR count). The third-order valence-corrected chi connectivity index (χ3v) is 2.63. The summed E-state index contributed by atoms with van der Waals surface area (Å²) in [5.41, 5.74) is 1.68. The van der Waals surface area contributed by atoms with Gasteiger partial charge in [0.05, 0.1) is 5.69 Å². The number of carbonyl (C=O) groups excluding carboxylic acids is 1. The summed E-state index contributed by atoms with van der Waals surface area (Å²) in [7, 11) is 0. The molecule has 0 bridgehead atoms. The number of anilines is 1. The zero-order chi connectivity index (χ0) is 11.7. The number of fused-ring (bicyclic) bond motifs is 1. The number of H-pyrrole nitrogens is 1. The van der Waals surface area contributed by atoms with Crippen molar-refractivity contribution in [1.29, 1.82) is 0 Å². The number of carbonyl (C=O) groups is 1. The molecular weight excluding hydrogens is 224 g/mol. The Labute approximate surface area is 98.8 Å². The Kier molecular flexibility index (Phi) is 2.88. The number of halogens is 1. The molecule has 0 aliphatic heterocycles. The van der Waals surface area contributed by atoms with Gasteiger partial charge in [-0.1, -0.05) is 25.4 Å². The van der Waals surface area contributed by atoms with E-state index in [0.29, 0.717) is 5.02 Å². The van der Waals surface area contributed by atoms with Crippen molar-refractivity contribution >= 4 is 34.1 Å². The largest absolute Gasteiger partial charge is 0.361 e. The molecule has 16 heavy (non-hydrogen) atoms. The highest BCUT2D eigenvalue weighted by atomic mass is 35.5. The minimum absolute atomic E-state index is 0.00948. The molecule has 1 heterocycles. The van der Waals surface area contributed by atoms with Gasteiger partial charge in [-0.25, -0.2) is 0 Å². The van der Waals surface area contributed by atoms with Gasteiger partial charge in [0.2, 0.25) is 5.91 Å². The quantitative estimate of drug-likeness (QED) is 0.825. The molecule has 0 radical (unpaired) electrons.